The number of aliphatic hydroxyl groups excluding tert-OH is 5. The summed E-state index contributed by atoms with van der Waals surface area (Å²) in [5.74, 6) is -6.97. The number of rotatable bonds is 4. The highest BCUT2D eigenvalue weighted by Crippen LogP contribution is 2.33. The molecule has 0 aromatic rings. The lowest BCUT2D eigenvalue weighted by molar-refractivity contribution is -0.245. The molecule has 3 heterocycles. The van der Waals surface area contributed by atoms with E-state index in [2.05, 4.69) is 0 Å². The number of carbonyl (C=O) groups excluding carboxylic acids is 4. The molecule has 2 fully saturated rings. The van der Waals surface area contributed by atoms with Gasteiger partial charge in [-0.3, -0.25) is 14.4 Å². The Kier molecular flexibility index (Phi) is 18.8. The number of cyclic esters (lactones) is 1. The van der Waals surface area contributed by atoms with Gasteiger partial charge >= 0.3 is 5.97 Å². The van der Waals surface area contributed by atoms with Gasteiger partial charge in [-0.05, 0) is 107 Å². The fourth-order valence-electron chi connectivity index (χ4n) is 8.40. The first-order valence-electron chi connectivity index (χ1n) is 21.1. The number of hydrogen-bond acceptors (Lipinski definition) is 12. The Morgan fingerprint density at radius 2 is 1.63 bits per heavy atom. The Bertz CT molecular complexity index is 1470. The number of piperidine rings is 1. The summed E-state index contributed by atoms with van der Waals surface area (Å²) in [6.07, 6.45) is 1.57. The van der Waals surface area contributed by atoms with E-state index in [-0.39, 0.29) is 62.7 Å². The van der Waals surface area contributed by atoms with Gasteiger partial charge in [0.15, 0.2) is 0 Å². The van der Waals surface area contributed by atoms with Crippen LogP contribution in [0.5, 0.6) is 0 Å². The summed E-state index contributed by atoms with van der Waals surface area (Å²) in [4.78, 5) is 54.9. The largest absolute Gasteiger partial charge is 0.456 e. The molecular formula is C44H71NO12. The SMILES string of the molecule is CC/C1=C\CC(/C(C)=C/C(C)C(C)=O)OC(=O)C2CCCCN2C(=O)C(=O)C2(O)CCCC(CC(O)CC(O)C(C)C(O)CC(O)/C(C)=C/C(C)CC(C)C1O)O2. The van der Waals surface area contributed by atoms with E-state index >= 15 is 0 Å². The van der Waals surface area contributed by atoms with Gasteiger partial charge in [-0.25, -0.2) is 4.79 Å². The first-order chi connectivity index (χ1) is 26.7. The number of aliphatic hydroxyl groups is 6. The Morgan fingerprint density at radius 3 is 2.28 bits per heavy atom. The van der Waals surface area contributed by atoms with Crippen molar-refractivity contribution in [1.82, 2.24) is 4.90 Å². The number of hydrogen-bond donors (Lipinski definition) is 6. The fraction of sp³-hybridized carbons (Fsp3) is 0.773. The van der Waals surface area contributed by atoms with Crippen molar-refractivity contribution in [3.05, 3.63) is 34.9 Å². The zero-order valence-corrected chi connectivity index (χ0v) is 35.4. The van der Waals surface area contributed by atoms with Gasteiger partial charge < -0.3 is 45.0 Å². The first kappa shape index (κ1) is 48.6. The van der Waals surface area contributed by atoms with E-state index in [0.717, 1.165) is 10.5 Å². The molecule has 57 heavy (non-hydrogen) atoms. The van der Waals surface area contributed by atoms with E-state index in [1.807, 2.05) is 32.9 Å². The Morgan fingerprint density at radius 1 is 0.965 bits per heavy atom. The molecule has 0 saturated carbocycles. The van der Waals surface area contributed by atoms with Crippen molar-refractivity contribution in [2.75, 3.05) is 6.54 Å². The van der Waals surface area contributed by atoms with Crippen molar-refractivity contribution in [3.8, 4) is 0 Å². The molecule has 2 bridgehead atoms. The maximum absolute atomic E-state index is 14.0. The van der Waals surface area contributed by atoms with E-state index < -0.39 is 84.1 Å². The summed E-state index contributed by atoms with van der Waals surface area (Å²) in [6, 6.07) is -1.11. The standard InChI is InChI=1S/C44H71NO12/c1-9-32-15-16-39(28(5)21-26(3)31(8)46)56-43(54)35-14-10-11-18-45(35)42(53)41(52)44(55)17-12-13-34(57-44)22-33(47)23-37(49)30(7)38(50)24-36(48)27(4)19-25(2)20-29(6)40(32)51/h15,19,21,25-26,29-30,33-40,47-51,55H,9-14,16-18,20,22-24H2,1-8H3/b27-19+,28-21+,32-15+. The quantitative estimate of drug-likeness (QED) is 0.134. The minimum absolute atomic E-state index is 0.0398. The van der Waals surface area contributed by atoms with Crippen LogP contribution >= 0.6 is 0 Å². The first-order valence-corrected chi connectivity index (χ1v) is 21.1. The molecule has 0 spiro atoms. The van der Waals surface area contributed by atoms with E-state index in [1.165, 1.54) is 6.92 Å². The molecule has 3 rings (SSSR count). The number of fused-ring (bicyclic) bond motifs is 3. The second-order valence-electron chi connectivity index (χ2n) is 17.3. The molecule has 13 atom stereocenters. The highest BCUT2D eigenvalue weighted by atomic mass is 16.6. The van der Waals surface area contributed by atoms with Crippen LogP contribution in [0.2, 0.25) is 0 Å². The Labute approximate surface area is 339 Å². The van der Waals surface area contributed by atoms with Gasteiger partial charge in [-0.2, -0.15) is 0 Å². The Hall–Kier alpha value is -2.78. The minimum atomic E-state index is -2.49. The highest BCUT2D eigenvalue weighted by Gasteiger charge is 2.49. The van der Waals surface area contributed by atoms with Crippen LogP contribution < -0.4 is 0 Å². The van der Waals surface area contributed by atoms with Gasteiger partial charge in [-0.1, -0.05) is 52.8 Å². The molecule has 3 aliphatic rings. The van der Waals surface area contributed by atoms with Crippen molar-refractivity contribution in [3.63, 3.8) is 0 Å². The predicted molar refractivity (Wildman–Crippen MR) is 214 cm³/mol. The van der Waals surface area contributed by atoms with Gasteiger partial charge in [0, 0.05) is 37.6 Å². The maximum Gasteiger partial charge on any atom is 0.329 e. The number of Topliss-reactive ketones (excluding diaryl/α,β-unsaturated/α-hetero) is 2. The van der Waals surface area contributed by atoms with Crippen LogP contribution in [0.15, 0.2) is 34.9 Å². The molecule has 13 unspecified atom stereocenters. The van der Waals surface area contributed by atoms with Crippen molar-refractivity contribution in [1.29, 1.82) is 0 Å². The summed E-state index contributed by atoms with van der Waals surface area (Å²) in [7, 11) is 0. The molecule has 0 aliphatic carbocycles. The normalized spacial score (nSPS) is 39.4. The lowest BCUT2D eigenvalue weighted by Gasteiger charge is -2.39. The predicted octanol–water partition coefficient (Wildman–Crippen LogP) is 4.24. The monoisotopic (exact) mass is 805 g/mol. The average molecular weight is 806 g/mol. The van der Waals surface area contributed by atoms with E-state index in [9.17, 15) is 49.8 Å². The molecule has 0 radical (unpaired) electrons. The third-order valence-corrected chi connectivity index (χ3v) is 12.4. The molecule has 324 valence electrons. The van der Waals surface area contributed by atoms with Crippen LogP contribution in [-0.4, -0.2) is 120 Å². The number of carbonyl (C=O) groups is 4. The van der Waals surface area contributed by atoms with Gasteiger partial charge in [0.2, 0.25) is 5.79 Å². The second-order valence-corrected chi connectivity index (χ2v) is 17.3. The molecule has 6 N–H and O–H groups in total. The molecule has 13 nitrogen and oxygen atoms in total. The molecule has 13 heteroatoms. The average Bonchev–Trinajstić information content (AvgIpc) is 3.15. The van der Waals surface area contributed by atoms with Gasteiger partial charge in [0.1, 0.15) is 17.9 Å². The van der Waals surface area contributed by atoms with Crippen LogP contribution in [0.4, 0.5) is 0 Å². The van der Waals surface area contributed by atoms with Crippen LogP contribution in [0, 0.1) is 23.7 Å². The van der Waals surface area contributed by atoms with Crippen molar-refractivity contribution < 1.29 is 59.3 Å². The number of nitrogens with zero attached hydrogens (tertiary/aromatic N) is 1. The van der Waals surface area contributed by atoms with Gasteiger partial charge in [-0.15, -0.1) is 0 Å². The zero-order valence-electron chi connectivity index (χ0n) is 35.4. The van der Waals surface area contributed by atoms with E-state index in [4.69, 9.17) is 9.47 Å². The van der Waals surface area contributed by atoms with Gasteiger partial charge in [0.25, 0.3) is 11.7 Å². The van der Waals surface area contributed by atoms with Crippen LogP contribution in [0.3, 0.4) is 0 Å². The maximum atomic E-state index is 14.0. The molecule has 2 saturated heterocycles. The lowest BCUT2D eigenvalue weighted by atomic mass is 9.85. The zero-order chi connectivity index (χ0) is 42.8. The molecular weight excluding hydrogens is 734 g/mol. The summed E-state index contributed by atoms with van der Waals surface area (Å²) in [5.41, 5.74) is 2.00. The van der Waals surface area contributed by atoms with Crippen molar-refractivity contribution >= 4 is 23.4 Å². The number of esters is 1. The van der Waals surface area contributed by atoms with Crippen LogP contribution in [0.1, 0.15) is 132 Å². The lowest BCUT2D eigenvalue weighted by Crippen LogP contribution is -2.58. The second kappa shape index (κ2) is 22.0. The topological polar surface area (TPSA) is 211 Å². The van der Waals surface area contributed by atoms with E-state index in [0.29, 0.717) is 49.7 Å². The number of allylic oxidation sites excluding steroid dienone is 2. The van der Waals surface area contributed by atoms with E-state index in [1.54, 1.807) is 33.8 Å². The minimum Gasteiger partial charge on any atom is -0.456 e. The smallest absolute Gasteiger partial charge is 0.329 e. The van der Waals surface area contributed by atoms with Crippen LogP contribution in [0.25, 0.3) is 0 Å². The van der Waals surface area contributed by atoms with Crippen molar-refractivity contribution in [2.45, 2.75) is 187 Å². The third kappa shape index (κ3) is 13.6. The number of amides is 1. The van der Waals surface area contributed by atoms with Gasteiger partial charge in [0.05, 0.1) is 36.6 Å². The third-order valence-electron chi connectivity index (χ3n) is 12.4. The summed E-state index contributed by atoms with van der Waals surface area (Å²) >= 11 is 0. The molecule has 3 aliphatic heterocycles. The number of ketones is 2. The van der Waals surface area contributed by atoms with Crippen molar-refractivity contribution in [2.24, 2.45) is 23.7 Å². The summed E-state index contributed by atoms with van der Waals surface area (Å²) in [5, 5.41) is 66.8. The fourth-order valence-corrected chi connectivity index (χ4v) is 8.40. The summed E-state index contributed by atoms with van der Waals surface area (Å²) < 4.78 is 11.9. The Balaban J connectivity index is 2.02. The number of ether oxygens (including phenoxy) is 2. The molecule has 0 aromatic carbocycles. The molecule has 1 amide bonds. The highest BCUT2D eigenvalue weighted by molar-refractivity contribution is 6.39. The molecule has 0 aromatic heterocycles. The van der Waals surface area contributed by atoms with Crippen LogP contribution in [-0.2, 0) is 28.7 Å². The summed E-state index contributed by atoms with van der Waals surface area (Å²) in [6.45, 7) is 14.3.